The zero-order valence-electron chi connectivity index (χ0n) is 9.93. The van der Waals surface area contributed by atoms with Crippen molar-refractivity contribution in [2.45, 2.75) is 19.4 Å². The molecule has 0 aliphatic rings. The Labute approximate surface area is 117 Å². The fourth-order valence-electron chi connectivity index (χ4n) is 1.35. The van der Waals surface area contributed by atoms with Crippen molar-refractivity contribution in [1.29, 1.82) is 0 Å². The first-order chi connectivity index (χ1) is 8.72. The van der Waals surface area contributed by atoms with Crippen molar-refractivity contribution in [1.82, 2.24) is 10.1 Å². The highest BCUT2D eigenvalue weighted by molar-refractivity contribution is 9.10. The molecule has 0 saturated heterocycles. The van der Waals surface area contributed by atoms with Crippen LogP contribution in [0.2, 0.25) is 0 Å². The van der Waals surface area contributed by atoms with Gasteiger partial charge >= 0.3 is 0 Å². The minimum atomic E-state index is -0.354. The molecule has 0 saturated carbocycles. The van der Waals surface area contributed by atoms with Crippen molar-refractivity contribution in [3.05, 3.63) is 21.7 Å². The molecule has 0 bridgehead atoms. The number of aromatic nitrogens is 2. The highest BCUT2D eigenvalue weighted by Crippen LogP contribution is 2.32. The number of nitrogens with zero attached hydrogens (tertiary/aromatic N) is 2. The summed E-state index contributed by atoms with van der Waals surface area (Å²) >= 11 is 4.96. The molecule has 2 heterocycles. The van der Waals surface area contributed by atoms with Crippen molar-refractivity contribution >= 4 is 27.3 Å². The van der Waals surface area contributed by atoms with Crippen LogP contribution in [-0.4, -0.2) is 23.4 Å². The maximum absolute atomic E-state index is 5.92. The van der Waals surface area contributed by atoms with E-state index in [1.54, 1.807) is 0 Å². The second kappa shape index (κ2) is 6.42. The predicted octanol–water partition coefficient (Wildman–Crippen LogP) is 2.99. The Morgan fingerprint density at radius 3 is 3.11 bits per heavy atom. The summed E-state index contributed by atoms with van der Waals surface area (Å²) < 4.78 is 11.5. The van der Waals surface area contributed by atoms with E-state index in [1.807, 2.05) is 18.4 Å². The molecule has 0 fully saturated rings. The first kappa shape index (κ1) is 13.7. The van der Waals surface area contributed by atoms with Gasteiger partial charge < -0.3 is 15.0 Å². The van der Waals surface area contributed by atoms with Gasteiger partial charge in [-0.3, -0.25) is 0 Å². The number of nitrogens with two attached hydrogens (primary N) is 1. The van der Waals surface area contributed by atoms with E-state index in [0.717, 1.165) is 15.8 Å². The third-order valence-electron chi connectivity index (χ3n) is 2.23. The summed E-state index contributed by atoms with van der Waals surface area (Å²) in [5.41, 5.74) is 5.92. The largest absolute Gasteiger partial charge is 0.379 e. The highest BCUT2D eigenvalue weighted by Gasteiger charge is 2.17. The number of hydrogen-bond donors (Lipinski definition) is 1. The van der Waals surface area contributed by atoms with Gasteiger partial charge in [0.25, 0.3) is 5.89 Å². The smallest absolute Gasteiger partial charge is 0.269 e. The Kier molecular flexibility index (Phi) is 4.87. The molecule has 18 heavy (non-hydrogen) atoms. The maximum Gasteiger partial charge on any atom is 0.269 e. The van der Waals surface area contributed by atoms with Crippen LogP contribution >= 0.6 is 27.3 Å². The van der Waals surface area contributed by atoms with Crippen LogP contribution in [-0.2, 0) is 4.74 Å². The van der Waals surface area contributed by atoms with Crippen molar-refractivity contribution in [2.75, 3.05) is 13.2 Å². The third kappa shape index (κ3) is 3.17. The van der Waals surface area contributed by atoms with Gasteiger partial charge in [0, 0.05) is 11.1 Å². The number of ether oxygens (including phenoxy) is 1. The van der Waals surface area contributed by atoms with Crippen LogP contribution in [0.15, 0.2) is 20.4 Å². The first-order valence-electron chi connectivity index (χ1n) is 5.62. The average Bonchev–Trinajstić information content (AvgIpc) is 2.97. The molecular formula is C11H14BrN3O2S. The van der Waals surface area contributed by atoms with Crippen LogP contribution in [0.5, 0.6) is 0 Å². The summed E-state index contributed by atoms with van der Waals surface area (Å²) in [6.45, 7) is 3.14. The summed E-state index contributed by atoms with van der Waals surface area (Å²) in [5, 5.41) is 5.84. The quantitative estimate of drug-likeness (QED) is 0.823. The number of halogens is 1. The lowest BCUT2D eigenvalue weighted by Crippen LogP contribution is -2.18. The summed E-state index contributed by atoms with van der Waals surface area (Å²) in [4.78, 5) is 5.20. The molecular weight excluding hydrogens is 318 g/mol. The Bertz CT molecular complexity index is 500. The summed E-state index contributed by atoms with van der Waals surface area (Å²) in [6.07, 6.45) is 0.965. The molecule has 98 valence electrons. The molecule has 5 nitrogen and oxygen atoms in total. The van der Waals surface area contributed by atoms with Gasteiger partial charge in [0.15, 0.2) is 5.82 Å². The molecule has 2 N–H and O–H groups in total. The number of rotatable bonds is 6. The normalized spacial score (nSPS) is 12.8. The summed E-state index contributed by atoms with van der Waals surface area (Å²) in [7, 11) is 0. The highest BCUT2D eigenvalue weighted by atomic mass is 79.9. The summed E-state index contributed by atoms with van der Waals surface area (Å²) in [6, 6.07) is 1.58. The topological polar surface area (TPSA) is 74.2 Å². The predicted molar refractivity (Wildman–Crippen MR) is 73.3 cm³/mol. The molecule has 7 heteroatoms. The maximum atomic E-state index is 5.92. The molecule has 2 aromatic rings. The molecule has 1 unspecified atom stereocenters. The fraction of sp³-hybridized carbons (Fsp3) is 0.455. The molecule has 0 radical (unpaired) electrons. The Morgan fingerprint density at radius 1 is 1.61 bits per heavy atom. The molecule has 0 spiro atoms. The van der Waals surface area contributed by atoms with E-state index in [-0.39, 0.29) is 6.04 Å². The van der Waals surface area contributed by atoms with Gasteiger partial charge in [-0.15, -0.1) is 11.3 Å². The first-order valence-corrected chi connectivity index (χ1v) is 7.30. The van der Waals surface area contributed by atoms with E-state index >= 15 is 0 Å². The van der Waals surface area contributed by atoms with Crippen LogP contribution in [0.3, 0.4) is 0 Å². The molecule has 0 aliphatic carbocycles. The van der Waals surface area contributed by atoms with Gasteiger partial charge in [-0.05, 0) is 33.8 Å². The third-order valence-corrected chi connectivity index (χ3v) is 4.06. The lowest BCUT2D eigenvalue weighted by Gasteiger charge is -2.06. The molecule has 0 aromatic carbocycles. The van der Waals surface area contributed by atoms with Crippen LogP contribution in [0.1, 0.15) is 25.2 Å². The van der Waals surface area contributed by atoms with Crippen LogP contribution in [0.25, 0.3) is 10.8 Å². The Hall–Kier alpha value is -0.760. The second-order valence-electron chi connectivity index (χ2n) is 3.74. The van der Waals surface area contributed by atoms with E-state index < -0.39 is 0 Å². The second-order valence-corrected chi connectivity index (χ2v) is 5.51. The number of thiophene rings is 1. The van der Waals surface area contributed by atoms with Crippen molar-refractivity contribution in [2.24, 2.45) is 5.73 Å². The van der Waals surface area contributed by atoms with E-state index in [2.05, 4.69) is 26.1 Å². The minimum absolute atomic E-state index is 0.354. The zero-order valence-corrected chi connectivity index (χ0v) is 12.3. The fourth-order valence-corrected chi connectivity index (χ4v) is 2.81. The monoisotopic (exact) mass is 331 g/mol. The van der Waals surface area contributed by atoms with Gasteiger partial charge in [-0.1, -0.05) is 12.1 Å². The molecule has 1 atom stereocenters. The average molecular weight is 332 g/mol. The number of hydrogen-bond acceptors (Lipinski definition) is 6. The van der Waals surface area contributed by atoms with Gasteiger partial charge in [-0.2, -0.15) is 4.98 Å². The van der Waals surface area contributed by atoms with Crippen molar-refractivity contribution in [3.63, 3.8) is 0 Å². The molecule has 0 amide bonds. The SMILES string of the molecule is CCCOCC(N)c1noc(-c2sccc2Br)n1. The van der Waals surface area contributed by atoms with Crippen molar-refractivity contribution in [3.8, 4) is 10.8 Å². The Balaban J connectivity index is 2.04. The van der Waals surface area contributed by atoms with Gasteiger partial charge in [-0.25, -0.2) is 0 Å². The van der Waals surface area contributed by atoms with Crippen LogP contribution in [0, 0.1) is 0 Å². The lowest BCUT2D eigenvalue weighted by molar-refractivity contribution is 0.119. The van der Waals surface area contributed by atoms with E-state index in [0.29, 0.717) is 24.9 Å². The Morgan fingerprint density at radius 2 is 2.44 bits per heavy atom. The molecule has 0 aliphatic heterocycles. The van der Waals surface area contributed by atoms with E-state index in [1.165, 1.54) is 11.3 Å². The van der Waals surface area contributed by atoms with E-state index in [9.17, 15) is 0 Å². The molecule has 2 aromatic heterocycles. The van der Waals surface area contributed by atoms with Gasteiger partial charge in [0.05, 0.1) is 12.6 Å². The summed E-state index contributed by atoms with van der Waals surface area (Å²) in [5.74, 6) is 0.958. The lowest BCUT2D eigenvalue weighted by atomic mass is 10.3. The van der Waals surface area contributed by atoms with Gasteiger partial charge in [0.1, 0.15) is 4.88 Å². The standard InChI is InChI=1S/C11H14BrN3O2S/c1-2-4-16-6-8(13)10-14-11(17-15-10)9-7(12)3-5-18-9/h3,5,8H,2,4,6,13H2,1H3. The van der Waals surface area contributed by atoms with E-state index in [4.69, 9.17) is 15.0 Å². The van der Waals surface area contributed by atoms with Crippen LogP contribution < -0.4 is 5.73 Å². The van der Waals surface area contributed by atoms with Crippen LogP contribution in [0.4, 0.5) is 0 Å². The van der Waals surface area contributed by atoms with Gasteiger partial charge in [0.2, 0.25) is 0 Å². The van der Waals surface area contributed by atoms with Crippen molar-refractivity contribution < 1.29 is 9.26 Å². The minimum Gasteiger partial charge on any atom is -0.379 e. The molecule has 2 rings (SSSR count). The zero-order chi connectivity index (χ0) is 13.0.